The van der Waals surface area contributed by atoms with Crippen molar-refractivity contribution >= 4 is 18.3 Å². The van der Waals surface area contributed by atoms with E-state index in [4.69, 9.17) is 15.2 Å². The van der Waals surface area contributed by atoms with Gasteiger partial charge in [0.15, 0.2) is 11.5 Å². The molecule has 1 aromatic rings. The minimum absolute atomic E-state index is 0. The van der Waals surface area contributed by atoms with Crippen LogP contribution in [0, 0.1) is 11.8 Å². The number of nitrogens with two attached hydrogens (primary N) is 1. The van der Waals surface area contributed by atoms with Gasteiger partial charge in [-0.2, -0.15) is 0 Å². The van der Waals surface area contributed by atoms with E-state index in [9.17, 15) is 4.79 Å². The summed E-state index contributed by atoms with van der Waals surface area (Å²) in [5.41, 5.74) is 6.89. The van der Waals surface area contributed by atoms with Gasteiger partial charge in [-0.15, -0.1) is 12.4 Å². The fraction of sp³-hybridized carbons (Fsp3) is 0.588. The molecule has 1 heterocycles. The van der Waals surface area contributed by atoms with Crippen LogP contribution in [0.1, 0.15) is 24.8 Å². The van der Waals surface area contributed by atoms with Crippen molar-refractivity contribution in [2.45, 2.75) is 25.7 Å². The summed E-state index contributed by atoms with van der Waals surface area (Å²) in [4.78, 5) is 12.2. The lowest BCUT2D eigenvalue weighted by atomic mass is 9.95. The third kappa shape index (κ3) is 4.30. The molecule has 1 aliphatic carbocycles. The molecule has 6 heteroatoms. The molecule has 1 saturated carbocycles. The zero-order valence-electron chi connectivity index (χ0n) is 13.3. The van der Waals surface area contributed by atoms with Gasteiger partial charge in [0.05, 0.1) is 0 Å². The van der Waals surface area contributed by atoms with E-state index in [1.54, 1.807) is 0 Å². The molecule has 1 aliphatic heterocycles. The predicted octanol–water partition coefficient (Wildman–Crippen LogP) is 1.91. The van der Waals surface area contributed by atoms with Crippen LogP contribution in [0.3, 0.4) is 0 Å². The van der Waals surface area contributed by atoms with Crippen LogP contribution in [0.25, 0.3) is 0 Å². The molecule has 3 rings (SSSR count). The highest BCUT2D eigenvalue weighted by atomic mass is 35.5. The van der Waals surface area contributed by atoms with Gasteiger partial charge in [0.1, 0.15) is 13.2 Å². The van der Waals surface area contributed by atoms with Gasteiger partial charge in [0.25, 0.3) is 0 Å². The Labute approximate surface area is 143 Å². The molecule has 1 fully saturated rings. The van der Waals surface area contributed by atoms with Crippen LogP contribution in [-0.4, -0.2) is 32.2 Å². The number of ether oxygens (including phenoxy) is 2. The number of fused-ring (bicyclic) bond motifs is 1. The van der Waals surface area contributed by atoms with Crippen molar-refractivity contribution in [2.75, 3.05) is 26.3 Å². The van der Waals surface area contributed by atoms with Crippen molar-refractivity contribution in [3.05, 3.63) is 23.8 Å². The minimum atomic E-state index is 0. The second-order valence-electron chi connectivity index (χ2n) is 6.05. The number of rotatable bonds is 5. The lowest BCUT2D eigenvalue weighted by Gasteiger charge is -2.19. The Morgan fingerprint density at radius 3 is 2.78 bits per heavy atom. The summed E-state index contributed by atoms with van der Waals surface area (Å²) in [7, 11) is 0. The average Bonchev–Trinajstić information content (AvgIpc) is 3.03. The van der Waals surface area contributed by atoms with E-state index in [0.29, 0.717) is 32.2 Å². The van der Waals surface area contributed by atoms with Crippen LogP contribution >= 0.6 is 12.4 Å². The lowest BCUT2D eigenvalue weighted by molar-refractivity contribution is -0.125. The van der Waals surface area contributed by atoms with Gasteiger partial charge in [0, 0.05) is 12.5 Å². The second kappa shape index (κ2) is 8.41. The minimum Gasteiger partial charge on any atom is -0.486 e. The van der Waals surface area contributed by atoms with E-state index in [2.05, 4.69) is 5.32 Å². The largest absolute Gasteiger partial charge is 0.486 e. The Morgan fingerprint density at radius 2 is 2.00 bits per heavy atom. The number of hydrogen-bond donors (Lipinski definition) is 2. The molecule has 0 bridgehead atoms. The zero-order valence-corrected chi connectivity index (χ0v) is 14.1. The maximum Gasteiger partial charge on any atom is 0.223 e. The van der Waals surface area contributed by atoms with E-state index < -0.39 is 0 Å². The topological polar surface area (TPSA) is 73.6 Å². The van der Waals surface area contributed by atoms with Crippen LogP contribution < -0.4 is 20.5 Å². The Bertz CT molecular complexity index is 539. The zero-order chi connectivity index (χ0) is 15.4. The molecular weight excluding hydrogens is 316 g/mol. The fourth-order valence-electron chi connectivity index (χ4n) is 3.37. The lowest BCUT2D eigenvalue weighted by Crippen LogP contribution is -2.36. The van der Waals surface area contributed by atoms with Crippen molar-refractivity contribution in [3.8, 4) is 11.5 Å². The quantitative estimate of drug-likeness (QED) is 0.858. The summed E-state index contributed by atoms with van der Waals surface area (Å²) in [6, 6.07) is 5.96. The molecule has 0 unspecified atom stereocenters. The van der Waals surface area contributed by atoms with Crippen LogP contribution in [0.15, 0.2) is 18.2 Å². The highest BCUT2D eigenvalue weighted by Crippen LogP contribution is 2.32. The van der Waals surface area contributed by atoms with E-state index >= 15 is 0 Å². The van der Waals surface area contributed by atoms with Gasteiger partial charge in [-0.25, -0.2) is 0 Å². The summed E-state index contributed by atoms with van der Waals surface area (Å²) in [6.45, 7) is 2.45. The summed E-state index contributed by atoms with van der Waals surface area (Å²) in [5.74, 6) is 2.22. The number of hydrogen-bond acceptors (Lipinski definition) is 4. The van der Waals surface area contributed by atoms with E-state index in [0.717, 1.165) is 42.7 Å². The fourth-order valence-corrected chi connectivity index (χ4v) is 3.37. The second-order valence-corrected chi connectivity index (χ2v) is 6.05. The maximum absolute atomic E-state index is 12.2. The number of halogens is 1. The highest BCUT2D eigenvalue weighted by Gasteiger charge is 2.31. The SMILES string of the molecule is Cl.NC[C@H]1CCC[C@H]1C(=O)NCCc1ccc2c(c1)OCCO2. The first-order valence-corrected chi connectivity index (χ1v) is 8.14. The summed E-state index contributed by atoms with van der Waals surface area (Å²) >= 11 is 0. The van der Waals surface area contributed by atoms with Gasteiger partial charge in [-0.05, 0) is 49.4 Å². The molecule has 0 saturated heterocycles. The molecule has 5 nitrogen and oxygen atoms in total. The Hall–Kier alpha value is -1.46. The molecule has 3 N–H and O–H groups in total. The number of benzene rings is 1. The highest BCUT2D eigenvalue weighted by molar-refractivity contribution is 5.85. The van der Waals surface area contributed by atoms with Crippen molar-refractivity contribution in [3.63, 3.8) is 0 Å². The Balaban J connectivity index is 0.00000192. The smallest absolute Gasteiger partial charge is 0.223 e. The third-order valence-electron chi connectivity index (χ3n) is 4.62. The van der Waals surface area contributed by atoms with Gasteiger partial charge in [0.2, 0.25) is 5.91 Å². The molecule has 0 aromatic heterocycles. The van der Waals surface area contributed by atoms with E-state index in [-0.39, 0.29) is 24.2 Å². The van der Waals surface area contributed by atoms with Gasteiger partial charge < -0.3 is 20.5 Å². The molecule has 1 amide bonds. The number of carbonyl (C=O) groups is 1. The summed E-state index contributed by atoms with van der Waals surface area (Å²) in [5, 5.41) is 3.05. The predicted molar refractivity (Wildman–Crippen MR) is 91.3 cm³/mol. The monoisotopic (exact) mass is 340 g/mol. The summed E-state index contributed by atoms with van der Waals surface area (Å²) in [6.07, 6.45) is 3.96. The first-order chi connectivity index (χ1) is 10.8. The molecular formula is C17H25ClN2O3. The van der Waals surface area contributed by atoms with Gasteiger partial charge >= 0.3 is 0 Å². The third-order valence-corrected chi connectivity index (χ3v) is 4.62. The summed E-state index contributed by atoms with van der Waals surface area (Å²) < 4.78 is 11.1. The first-order valence-electron chi connectivity index (χ1n) is 8.14. The van der Waals surface area contributed by atoms with Gasteiger partial charge in [-0.3, -0.25) is 4.79 Å². The molecule has 2 aliphatic rings. The number of carbonyl (C=O) groups excluding carboxylic acids is 1. The van der Waals surface area contributed by atoms with E-state index in [1.165, 1.54) is 0 Å². The van der Waals surface area contributed by atoms with Crippen molar-refractivity contribution in [1.82, 2.24) is 5.32 Å². The number of nitrogens with one attached hydrogen (secondary N) is 1. The van der Waals surface area contributed by atoms with Crippen molar-refractivity contribution in [2.24, 2.45) is 17.6 Å². The van der Waals surface area contributed by atoms with Crippen LogP contribution in [0.4, 0.5) is 0 Å². The molecule has 128 valence electrons. The molecule has 2 atom stereocenters. The Morgan fingerprint density at radius 1 is 1.22 bits per heavy atom. The standard InChI is InChI=1S/C17H24N2O3.ClH/c18-11-13-2-1-3-14(13)17(20)19-7-6-12-4-5-15-16(10-12)22-9-8-21-15;/h4-5,10,13-14H,1-3,6-9,11,18H2,(H,19,20);1H/t13-,14-;/m1./s1. The molecule has 0 spiro atoms. The molecule has 0 radical (unpaired) electrons. The normalized spacial score (nSPS) is 22.3. The van der Waals surface area contributed by atoms with Crippen LogP contribution in [0.2, 0.25) is 0 Å². The van der Waals surface area contributed by atoms with Gasteiger partial charge in [-0.1, -0.05) is 12.5 Å². The first kappa shape index (κ1) is 17.9. The average molecular weight is 341 g/mol. The Kier molecular flexibility index (Phi) is 6.54. The molecule has 1 aromatic carbocycles. The van der Waals surface area contributed by atoms with Crippen LogP contribution in [-0.2, 0) is 11.2 Å². The van der Waals surface area contributed by atoms with Crippen LogP contribution in [0.5, 0.6) is 11.5 Å². The maximum atomic E-state index is 12.2. The molecule has 23 heavy (non-hydrogen) atoms. The van der Waals surface area contributed by atoms with Crippen molar-refractivity contribution < 1.29 is 14.3 Å². The van der Waals surface area contributed by atoms with E-state index in [1.807, 2.05) is 18.2 Å². The van der Waals surface area contributed by atoms with Crippen molar-refractivity contribution in [1.29, 1.82) is 0 Å². The number of amides is 1.